The van der Waals surface area contributed by atoms with E-state index in [0.29, 0.717) is 17.0 Å². The van der Waals surface area contributed by atoms with Crippen molar-refractivity contribution in [1.82, 2.24) is 15.3 Å². The molecular weight excluding hydrogens is 351 g/mol. The maximum absolute atomic E-state index is 12.9. The van der Waals surface area contributed by atoms with Crippen molar-refractivity contribution in [3.63, 3.8) is 0 Å². The van der Waals surface area contributed by atoms with E-state index in [9.17, 15) is 14.3 Å². The van der Waals surface area contributed by atoms with Gasteiger partial charge in [-0.05, 0) is 35.9 Å². The normalized spacial score (nSPS) is 11.5. The monoisotopic (exact) mass is 368 g/mol. The first-order valence-electron chi connectivity index (χ1n) is 8.13. The molecule has 0 spiro atoms. The Balaban J connectivity index is 1.53. The number of anilines is 1. The topological polar surface area (TPSA) is 96.4 Å². The average Bonchev–Trinajstić information content (AvgIpc) is 2.68. The summed E-state index contributed by atoms with van der Waals surface area (Å²) in [6, 6.07) is 13.5. The number of urea groups is 1. The lowest BCUT2D eigenvalue weighted by Gasteiger charge is -2.13. The first-order chi connectivity index (χ1) is 13.1. The largest absolute Gasteiger partial charge is 0.424 e. The van der Waals surface area contributed by atoms with Crippen molar-refractivity contribution in [1.29, 1.82) is 0 Å². The standard InChI is InChI=1S/C19H17FN4O3/c20-14-7-5-13(6-8-14)17(25)12-23-18(26)24-15-3-1-4-16(11-15)27-19-21-9-2-10-22-19/h1-11,17,25H,12H2,(H2,23,24,26)/t17-/m0/s1. The fraction of sp³-hybridized carbons (Fsp3) is 0.105. The van der Waals surface area contributed by atoms with Gasteiger partial charge >= 0.3 is 12.0 Å². The third-order valence-corrected chi connectivity index (χ3v) is 3.55. The highest BCUT2D eigenvalue weighted by Crippen LogP contribution is 2.21. The first kappa shape index (κ1) is 18.3. The number of aromatic nitrogens is 2. The number of carbonyl (C=O) groups excluding carboxylic acids is 1. The molecule has 2 amide bonds. The summed E-state index contributed by atoms with van der Waals surface area (Å²) < 4.78 is 18.4. The van der Waals surface area contributed by atoms with Gasteiger partial charge in [0.15, 0.2) is 0 Å². The number of rotatable bonds is 6. The maximum Gasteiger partial charge on any atom is 0.321 e. The SMILES string of the molecule is O=C(NC[C@H](O)c1ccc(F)cc1)Nc1cccc(Oc2ncccn2)c1. The van der Waals surface area contributed by atoms with Crippen molar-refractivity contribution >= 4 is 11.7 Å². The molecule has 0 aliphatic heterocycles. The van der Waals surface area contributed by atoms with Crippen LogP contribution in [-0.2, 0) is 0 Å². The van der Waals surface area contributed by atoms with E-state index < -0.39 is 12.1 Å². The van der Waals surface area contributed by atoms with Crippen LogP contribution in [0.1, 0.15) is 11.7 Å². The third-order valence-electron chi connectivity index (χ3n) is 3.55. The number of aliphatic hydroxyl groups is 1. The average molecular weight is 368 g/mol. The Labute approximate surface area is 154 Å². The number of carbonyl (C=O) groups is 1. The van der Waals surface area contributed by atoms with Crippen LogP contribution in [0.2, 0.25) is 0 Å². The molecule has 3 aromatic rings. The summed E-state index contributed by atoms with van der Waals surface area (Å²) >= 11 is 0. The molecule has 1 heterocycles. The van der Waals surface area contributed by atoms with Gasteiger partial charge in [-0.25, -0.2) is 19.2 Å². The fourth-order valence-electron chi connectivity index (χ4n) is 2.25. The van der Waals surface area contributed by atoms with E-state index in [-0.39, 0.29) is 18.4 Å². The second kappa shape index (κ2) is 8.72. The second-order valence-corrected chi connectivity index (χ2v) is 5.56. The van der Waals surface area contributed by atoms with Crippen LogP contribution in [0.25, 0.3) is 0 Å². The fourth-order valence-corrected chi connectivity index (χ4v) is 2.25. The van der Waals surface area contributed by atoms with Gasteiger partial charge in [0, 0.05) is 30.7 Å². The molecule has 27 heavy (non-hydrogen) atoms. The number of ether oxygens (including phenoxy) is 1. The van der Waals surface area contributed by atoms with E-state index in [4.69, 9.17) is 4.74 Å². The second-order valence-electron chi connectivity index (χ2n) is 5.56. The summed E-state index contributed by atoms with van der Waals surface area (Å²) in [4.78, 5) is 19.9. The lowest BCUT2D eigenvalue weighted by molar-refractivity contribution is 0.175. The summed E-state index contributed by atoms with van der Waals surface area (Å²) in [5.41, 5.74) is 1.01. The Hall–Kier alpha value is -3.52. The summed E-state index contributed by atoms with van der Waals surface area (Å²) in [6.07, 6.45) is 2.18. The molecule has 0 aliphatic carbocycles. The molecule has 7 nitrogen and oxygen atoms in total. The number of nitrogens with zero attached hydrogens (tertiary/aromatic N) is 2. The number of hydrogen-bond acceptors (Lipinski definition) is 5. The number of amides is 2. The molecule has 0 aliphatic rings. The molecule has 0 unspecified atom stereocenters. The van der Waals surface area contributed by atoms with Gasteiger partial charge in [0.05, 0.1) is 6.10 Å². The Morgan fingerprint density at radius 1 is 1.11 bits per heavy atom. The van der Waals surface area contributed by atoms with Crippen LogP contribution < -0.4 is 15.4 Å². The Kier molecular flexibility index (Phi) is 5.91. The van der Waals surface area contributed by atoms with Gasteiger partial charge < -0.3 is 20.5 Å². The lowest BCUT2D eigenvalue weighted by Crippen LogP contribution is -2.32. The quantitative estimate of drug-likeness (QED) is 0.621. The summed E-state index contributed by atoms with van der Waals surface area (Å²) in [5.74, 6) is 0.0741. The van der Waals surface area contributed by atoms with Crippen LogP contribution in [0.15, 0.2) is 67.0 Å². The van der Waals surface area contributed by atoms with Gasteiger partial charge in [0.25, 0.3) is 0 Å². The molecule has 8 heteroatoms. The Bertz CT molecular complexity index is 891. The van der Waals surface area contributed by atoms with Crippen LogP contribution in [0.3, 0.4) is 0 Å². The minimum Gasteiger partial charge on any atom is -0.424 e. The van der Waals surface area contributed by atoms with Gasteiger partial charge in [-0.15, -0.1) is 0 Å². The number of benzene rings is 2. The highest BCUT2D eigenvalue weighted by Gasteiger charge is 2.10. The van der Waals surface area contributed by atoms with Crippen LogP contribution in [0, 0.1) is 5.82 Å². The molecular formula is C19H17FN4O3. The number of hydrogen-bond donors (Lipinski definition) is 3. The van der Waals surface area contributed by atoms with Crippen molar-refractivity contribution in [2.75, 3.05) is 11.9 Å². The molecule has 138 valence electrons. The van der Waals surface area contributed by atoms with E-state index in [0.717, 1.165) is 0 Å². The van der Waals surface area contributed by atoms with Crippen molar-refractivity contribution < 1.29 is 19.0 Å². The summed E-state index contributed by atoms with van der Waals surface area (Å²) in [6.45, 7) is -0.0223. The molecule has 2 aromatic carbocycles. The molecule has 1 atom stereocenters. The number of halogens is 1. The van der Waals surface area contributed by atoms with Gasteiger partial charge in [0.1, 0.15) is 11.6 Å². The highest BCUT2D eigenvalue weighted by molar-refractivity contribution is 5.89. The van der Waals surface area contributed by atoms with Crippen molar-refractivity contribution in [3.8, 4) is 11.8 Å². The van der Waals surface area contributed by atoms with Gasteiger partial charge in [0.2, 0.25) is 0 Å². The smallest absolute Gasteiger partial charge is 0.321 e. The number of aliphatic hydroxyl groups excluding tert-OH is 1. The van der Waals surface area contributed by atoms with Crippen LogP contribution >= 0.6 is 0 Å². The molecule has 0 bridgehead atoms. The van der Waals surface area contributed by atoms with E-state index in [1.165, 1.54) is 24.3 Å². The van der Waals surface area contributed by atoms with E-state index in [2.05, 4.69) is 20.6 Å². The van der Waals surface area contributed by atoms with Crippen LogP contribution in [0.4, 0.5) is 14.9 Å². The zero-order valence-corrected chi connectivity index (χ0v) is 14.2. The van der Waals surface area contributed by atoms with Crippen LogP contribution in [0.5, 0.6) is 11.8 Å². The van der Waals surface area contributed by atoms with E-state index in [1.54, 1.807) is 42.7 Å². The molecule has 0 radical (unpaired) electrons. The van der Waals surface area contributed by atoms with Gasteiger partial charge in [-0.2, -0.15) is 0 Å². The first-order valence-corrected chi connectivity index (χ1v) is 8.13. The predicted octanol–water partition coefficient (Wildman–Crippen LogP) is 3.26. The van der Waals surface area contributed by atoms with E-state index in [1.807, 2.05) is 0 Å². The van der Waals surface area contributed by atoms with Gasteiger partial charge in [-0.3, -0.25) is 0 Å². The minimum absolute atomic E-state index is 0.0223. The zero-order valence-electron chi connectivity index (χ0n) is 14.2. The molecule has 0 fully saturated rings. The molecule has 0 saturated heterocycles. The lowest BCUT2D eigenvalue weighted by atomic mass is 10.1. The van der Waals surface area contributed by atoms with Crippen molar-refractivity contribution in [2.45, 2.75) is 6.10 Å². The maximum atomic E-state index is 12.9. The molecule has 1 aromatic heterocycles. The number of nitrogens with one attached hydrogen (secondary N) is 2. The predicted molar refractivity (Wildman–Crippen MR) is 96.9 cm³/mol. The Morgan fingerprint density at radius 2 is 1.85 bits per heavy atom. The van der Waals surface area contributed by atoms with Gasteiger partial charge in [-0.1, -0.05) is 18.2 Å². The van der Waals surface area contributed by atoms with Crippen LogP contribution in [-0.4, -0.2) is 27.7 Å². The molecule has 3 N–H and O–H groups in total. The van der Waals surface area contributed by atoms with Crippen molar-refractivity contribution in [2.24, 2.45) is 0 Å². The van der Waals surface area contributed by atoms with E-state index >= 15 is 0 Å². The minimum atomic E-state index is -0.943. The summed E-state index contributed by atoms with van der Waals surface area (Å²) in [7, 11) is 0. The Morgan fingerprint density at radius 3 is 2.59 bits per heavy atom. The molecule has 0 saturated carbocycles. The molecule has 3 rings (SSSR count). The summed E-state index contributed by atoms with van der Waals surface area (Å²) in [5, 5.41) is 15.2. The zero-order chi connectivity index (χ0) is 19.1. The van der Waals surface area contributed by atoms with Crippen molar-refractivity contribution in [3.05, 3.63) is 78.4 Å². The highest BCUT2D eigenvalue weighted by atomic mass is 19.1. The third kappa shape index (κ3) is 5.48.